The Morgan fingerprint density at radius 1 is 1.24 bits per heavy atom. The van der Waals surface area contributed by atoms with E-state index in [1.807, 2.05) is 30.2 Å². The average Bonchev–Trinajstić information content (AvgIpc) is 3.61. The van der Waals surface area contributed by atoms with E-state index < -0.39 is 0 Å². The van der Waals surface area contributed by atoms with E-state index in [2.05, 4.69) is 10.6 Å². The molecule has 1 atom stereocenters. The number of carbonyl (C=O) groups excluding carboxylic acids is 2. The van der Waals surface area contributed by atoms with E-state index in [0.29, 0.717) is 59.8 Å². The van der Waals surface area contributed by atoms with Gasteiger partial charge in [0.25, 0.3) is 5.91 Å². The van der Waals surface area contributed by atoms with Gasteiger partial charge in [-0.15, -0.1) is 0 Å². The maximum Gasteiger partial charge on any atom is 0.251 e. The van der Waals surface area contributed by atoms with Crippen LogP contribution in [0.3, 0.4) is 0 Å². The van der Waals surface area contributed by atoms with Crippen molar-refractivity contribution in [2.24, 2.45) is 17.8 Å². The molecule has 4 aliphatic rings. The molecule has 0 aromatic heterocycles. The summed E-state index contributed by atoms with van der Waals surface area (Å²) >= 11 is 5.94. The molecule has 4 rings (SSSR count). The van der Waals surface area contributed by atoms with Crippen LogP contribution in [0.25, 0.3) is 0 Å². The van der Waals surface area contributed by atoms with Crippen molar-refractivity contribution in [1.29, 1.82) is 5.41 Å². The summed E-state index contributed by atoms with van der Waals surface area (Å²) in [7, 11) is 0. The number of carbonyl (C=O) groups is 2. The topological polar surface area (TPSA) is 94.5 Å². The molecule has 1 unspecified atom stereocenters. The highest BCUT2D eigenvalue weighted by Crippen LogP contribution is 2.28. The maximum absolute atomic E-state index is 12.6. The van der Waals surface area contributed by atoms with Crippen LogP contribution in [-0.4, -0.2) is 61.8 Å². The van der Waals surface area contributed by atoms with Crippen molar-refractivity contribution in [2.75, 3.05) is 39.4 Å². The highest BCUT2D eigenvalue weighted by molar-refractivity contribution is 6.31. The van der Waals surface area contributed by atoms with Crippen molar-refractivity contribution in [3.05, 3.63) is 58.3 Å². The Hall–Kier alpha value is -2.64. The summed E-state index contributed by atoms with van der Waals surface area (Å²) in [5.41, 5.74) is 2.43. The summed E-state index contributed by atoms with van der Waals surface area (Å²) in [5, 5.41) is 15.1. The van der Waals surface area contributed by atoms with Crippen LogP contribution in [0.15, 0.2) is 58.3 Å². The van der Waals surface area contributed by atoms with Gasteiger partial charge < -0.3 is 25.7 Å². The Morgan fingerprint density at radius 2 is 2.03 bits per heavy atom. The lowest BCUT2D eigenvalue weighted by Gasteiger charge is -2.41. The number of halogens is 1. The predicted octanol–water partition coefficient (Wildman–Crippen LogP) is 3.07. The van der Waals surface area contributed by atoms with E-state index in [4.69, 9.17) is 21.7 Å². The molecule has 0 aromatic rings. The maximum atomic E-state index is 12.6. The molecule has 2 fully saturated rings. The Kier molecular flexibility index (Phi) is 8.06. The third-order valence-electron chi connectivity index (χ3n) is 6.64. The summed E-state index contributed by atoms with van der Waals surface area (Å²) in [6, 6.07) is 0. The van der Waals surface area contributed by atoms with Crippen LogP contribution >= 0.6 is 11.6 Å². The van der Waals surface area contributed by atoms with E-state index in [1.165, 1.54) is 12.8 Å². The first kappa shape index (κ1) is 24.5. The van der Waals surface area contributed by atoms with Gasteiger partial charge in [0, 0.05) is 61.1 Å². The van der Waals surface area contributed by atoms with Crippen molar-refractivity contribution in [2.45, 2.75) is 26.2 Å². The molecule has 8 heteroatoms. The van der Waals surface area contributed by atoms with Gasteiger partial charge in [-0.05, 0) is 55.9 Å². The lowest BCUT2D eigenvalue weighted by atomic mass is 9.91. The quantitative estimate of drug-likeness (QED) is 0.415. The number of ether oxygens (including phenoxy) is 1. The van der Waals surface area contributed by atoms with Crippen molar-refractivity contribution in [1.82, 2.24) is 15.5 Å². The third-order valence-corrected chi connectivity index (χ3v) is 6.92. The van der Waals surface area contributed by atoms with Gasteiger partial charge in [0.15, 0.2) is 0 Å². The molecule has 1 heterocycles. The second-order valence-corrected chi connectivity index (χ2v) is 9.86. The van der Waals surface area contributed by atoms with Crippen molar-refractivity contribution in [3.8, 4) is 0 Å². The molecule has 0 bridgehead atoms. The number of rotatable bonds is 10. The van der Waals surface area contributed by atoms with Crippen LogP contribution in [0.1, 0.15) is 26.2 Å². The lowest BCUT2D eigenvalue weighted by molar-refractivity contribution is -0.140. The fraction of sp³-hybridized carbons (Fsp3) is 0.500. The molecule has 182 valence electrons. The fourth-order valence-electron chi connectivity index (χ4n) is 4.25. The Morgan fingerprint density at radius 3 is 2.74 bits per heavy atom. The van der Waals surface area contributed by atoms with Gasteiger partial charge in [0.1, 0.15) is 0 Å². The van der Waals surface area contributed by atoms with Crippen molar-refractivity contribution in [3.63, 3.8) is 0 Å². The minimum atomic E-state index is -0.150. The fourth-order valence-corrected chi connectivity index (χ4v) is 4.41. The Bertz CT molecular complexity index is 984. The molecule has 1 aliphatic heterocycles. The molecular formula is C26H33ClN4O3. The zero-order valence-corrected chi connectivity index (χ0v) is 20.4. The Balaban J connectivity index is 1.21. The van der Waals surface area contributed by atoms with E-state index in [-0.39, 0.29) is 17.7 Å². The lowest BCUT2D eigenvalue weighted by Crippen LogP contribution is -2.54. The number of allylic oxidation sites excluding steroid dienone is 6. The smallest absolute Gasteiger partial charge is 0.251 e. The van der Waals surface area contributed by atoms with E-state index in [1.54, 1.807) is 18.2 Å². The average molecular weight is 485 g/mol. The number of hydrogen-bond donors (Lipinski definition) is 3. The Labute approximate surface area is 206 Å². The van der Waals surface area contributed by atoms with Crippen molar-refractivity contribution >= 4 is 29.1 Å². The first-order valence-corrected chi connectivity index (χ1v) is 12.4. The summed E-state index contributed by atoms with van der Waals surface area (Å²) in [5.74, 6) is 0.961. The molecule has 0 aromatic carbocycles. The minimum absolute atomic E-state index is 0.116. The molecule has 0 spiro atoms. The van der Waals surface area contributed by atoms with Gasteiger partial charge in [-0.1, -0.05) is 23.8 Å². The molecule has 3 N–H and O–H groups in total. The number of amides is 2. The van der Waals surface area contributed by atoms with E-state index >= 15 is 0 Å². The molecule has 1 saturated heterocycles. The molecule has 7 nitrogen and oxygen atoms in total. The summed E-state index contributed by atoms with van der Waals surface area (Å²) in [4.78, 5) is 27.1. The van der Waals surface area contributed by atoms with Crippen LogP contribution in [0.5, 0.6) is 0 Å². The highest BCUT2D eigenvalue weighted by atomic mass is 35.5. The largest absolute Gasteiger partial charge is 0.390 e. The predicted molar refractivity (Wildman–Crippen MR) is 133 cm³/mol. The van der Waals surface area contributed by atoms with Gasteiger partial charge >= 0.3 is 0 Å². The molecule has 0 radical (unpaired) electrons. The second kappa shape index (κ2) is 11.2. The van der Waals surface area contributed by atoms with Crippen LogP contribution in [0.4, 0.5) is 0 Å². The third kappa shape index (κ3) is 6.27. The SMILES string of the molecule is CC1=C(C(=O)NCCOCC2CC2)C=CC(=N)/C1=C\NCC1CN(C(=O)C2C=CC(Cl)=CC2)C1. The monoisotopic (exact) mass is 484 g/mol. The first-order chi connectivity index (χ1) is 16.4. The zero-order chi connectivity index (χ0) is 24.1. The van der Waals surface area contributed by atoms with Crippen LogP contribution in [0.2, 0.25) is 0 Å². The number of nitrogens with zero attached hydrogens (tertiary/aromatic N) is 1. The molecule has 34 heavy (non-hydrogen) atoms. The standard InChI is InChI=1S/C26H33ClN4O3/c1-17-22(25(32)30-10-11-34-16-18-2-3-18)8-9-24(28)23(17)13-29-12-19-14-31(15-19)26(33)20-4-6-21(27)7-5-20/h4,6-9,13,18-20,28-29H,2-3,5,10-12,14-16H2,1H3,(H,30,32)/b23-13-,28-24?. The molecule has 3 aliphatic carbocycles. The normalized spacial score (nSPS) is 23.8. The summed E-state index contributed by atoms with van der Waals surface area (Å²) < 4.78 is 5.57. The molecular weight excluding hydrogens is 452 g/mol. The van der Waals surface area contributed by atoms with Crippen LogP contribution < -0.4 is 10.6 Å². The minimum Gasteiger partial charge on any atom is -0.390 e. The first-order valence-electron chi connectivity index (χ1n) is 12.0. The highest BCUT2D eigenvalue weighted by Gasteiger charge is 2.33. The van der Waals surface area contributed by atoms with Gasteiger partial charge in [-0.25, -0.2) is 0 Å². The summed E-state index contributed by atoms with van der Waals surface area (Å²) in [6.07, 6.45) is 13.9. The van der Waals surface area contributed by atoms with Gasteiger partial charge in [0.05, 0.1) is 18.2 Å². The molecule has 2 amide bonds. The van der Waals surface area contributed by atoms with Gasteiger partial charge in [-0.2, -0.15) is 0 Å². The van der Waals surface area contributed by atoms with E-state index in [9.17, 15) is 9.59 Å². The summed E-state index contributed by atoms with van der Waals surface area (Å²) in [6.45, 7) is 5.79. The zero-order valence-electron chi connectivity index (χ0n) is 19.6. The van der Waals surface area contributed by atoms with E-state index in [0.717, 1.165) is 25.3 Å². The van der Waals surface area contributed by atoms with Gasteiger partial charge in [0.2, 0.25) is 5.91 Å². The van der Waals surface area contributed by atoms with Crippen molar-refractivity contribution < 1.29 is 14.3 Å². The molecule has 1 saturated carbocycles. The second-order valence-electron chi connectivity index (χ2n) is 9.43. The van der Waals surface area contributed by atoms with Crippen LogP contribution in [-0.2, 0) is 14.3 Å². The van der Waals surface area contributed by atoms with Gasteiger partial charge in [-0.3, -0.25) is 9.59 Å². The number of nitrogens with one attached hydrogen (secondary N) is 3. The number of hydrogen-bond acceptors (Lipinski definition) is 5. The number of likely N-dealkylation sites (tertiary alicyclic amines) is 1. The van der Waals surface area contributed by atoms with Crippen LogP contribution in [0, 0.1) is 23.2 Å².